The average molecular weight is 299 g/mol. The van der Waals surface area contributed by atoms with Crippen molar-refractivity contribution in [1.82, 2.24) is 14.8 Å². The first-order valence-corrected chi connectivity index (χ1v) is 5.93. The van der Waals surface area contributed by atoms with E-state index in [0.29, 0.717) is 5.11 Å². The third-order valence-electron chi connectivity index (χ3n) is 2.10. The van der Waals surface area contributed by atoms with Crippen molar-refractivity contribution in [3.05, 3.63) is 35.2 Å². The number of halogens is 1. The van der Waals surface area contributed by atoms with Gasteiger partial charge >= 0.3 is 0 Å². The summed E-state index contributed by atoms with van der Waals surface area (Å²) in [7, 11) is 2.00. The van der Waals surface area contributed by atoms with Crippen molar-refractivity contribution >= 4 is 39.1 Å². The molecule has 4 nitrogen and oxygen atoms in total. The van der Waals surface area contributed by atoms with Gasteiger partial charge < -0.3 is 15.1 Å². The molecule has 0 aromatic carbocycles. The molecule has 6 heteroatoms. The van der Waals surface area contributed by atoms with Crippen LogP contribution in [0.15, 0.2) is 35.2 Å². The van der Waals surface area contributed by atoms with E-state index in [1.54, 1.807) is 6.20 Å². The van der Waals surface area contributed by atoms with E-state index in [4.69, 9.17) is 12.2 Å². The monoisotopic (exact) mass is 298 g/mol. The lowest BCUT2D eigenvalue weighted by atomic mass is 10.5. The fourth-order valence-electron chi connectivity index (χ4n) is 1.29. The van der Waals surface area contributed by atoms with E-state index in [2.05, 4.69) is 26.2 Å². The van der Waals surface area contributed by atoms with Crippen LogP contribution in [-0.4, -0.2) is 33.6 Å². The van der Waals surface area contributed by atoms with Gasteiger partial charge in [-0.25, -0.2) is 4.98 Å². The molecule has 0 bridgehead atoms. The van der Waals surface area contributed by atoms with Crippen LogP contribution in [0.3, 0.4) is 0 Å². The highest BCUT2D eigenvalue weighted by Gasteiger charge is 2.13. The summed E-state index contributed by atoms with van der Waals surface area (Å²) in [6.45, 7) is 0.766. The van der Waals surface area contributed by atoms with Crippen LogP contribution in [-0.2, 0) is 0 Å². The van der Waals surface area contributed by atoms with Gasteiger partial charge in [0.1, 0.15) is 5.82 Å². The lowest BCUT2D eigenvalue weighted by molar-refractivity contribution is 0.389. The molecule has 1 N–H and O–H groups in total. The Morgan fingerprint density at radius 2 is 2.31 bits per heavy atom. The van der Waals surface area contributed by atoms with Crippen molar-refractivity contribution in [2.75, 3.05) is 19.0 Å². The molecule has 1 aliphatic heterocycles. The van der Waals surface area contributed by atoms with Crippen molar-refractivity contribution in [1.29, 1.82) is 0 Å². The maximum Gasteiger partial charge on any atom is 0.180 e. The third-order valence-corrected chi connectivity index (χ3v) is 2.91. The Morgan fingerprint density at radius 1 is 1.50 bits per heavy atom. The number of aromatic nitrogens is 1. The highest BCUT2D eigenvalue weighted by molar-refractivity contribution is 9.10. The van der Waals surface area contributed by atoms with Gasteiger partial charge in [-0.15, -0.1) is 0 Å². The van der Waals surface area contributed by atoms with Gasteiger partial charge in [0.05, 0.1) is 6.67 Å². The van der Waals surface area contributed by atoms with E-state index in [9.17, 15) is 0 Å². The quantitative estimate of drug-likeness (QED) is 0.804. The Hall–Kier alpha value is -1.14. The number of nitrogens with zero attached hydrogens (tertiary/aromatic N) is 3. The zero-order chi connectivity index (χ0) is 11.5. The van der Waals surface area contributed by atoms with Crippen LogP contribution in [0.1, 0.15) is 0 Å². The van der Waals surface area contributed by atoms with Crippen molar-refractivity contribution in [3.63, 3.8) is 0 Å². The summed E-state index contributed by atoms with van der Waals surface area (Å²) in [5.41, 5.74) is 0. The maximum atomic E-state index is 5.27. The van der Waals surface area contributed by atoms with Crippen molar-refractivity contribution < 1.29 is 0 Å². The minimum atomic E-state index is 0.649. The first kappa shape index (κ1) is 11.3. The molecule has 2 rings (SSSR count). The molecule has 0 fully saturated rings. The Kier molecular flexibility index (Phi) is 3.40. The second-order valence-electron chi connectivity index (χ2n) is 3.46. The van der Waals surface area contributed by atoms with E-state index < -0.39 is 0 Å². The minimum absolute atomic E-state index is 0.649. The van der Waals surface area contributed by atoms with Gasteiger partial charge in [0, 0.05) is 30.1 Å². The highest BCUT2D eigenvalue weighted by Crippen LogP contribution is 2.12. The van der Waals surface area contributed by atoms with Gasteiger partial charge in [-0.3, -0.25) is 0 Å². The van der Waals surface area contributed by atoms with E-state index in [1.165, 1.54) is 0 Å². The zero-order valence-corrected chi connectivity index (χ0v) is 11.1. The lowest BCUT2D eigenvalue weighted by Crippen LogP contribution is -2.32. The molecule has 84 valence electrons. The number of anilines is 1. The largest absolute Gasteiger partial charge is 0.361 e. The second kappa shape index (κ2) is 4.80. The molecule has 0 saturated heterocycles. The number of thiocarbonyl (C=S) groups is 1. The van der Waals surface area contributed by atoms with Crippen LogP contribution in [0.4, 0.5) is 5.82 Å². The van der Waals surface area contributed by atoms with Gasteiger partial charge in [-0.1, -0.05) is 0 Å². The number of hydrogen-bond donors (Lipinski definition) is 1. The van der Waals surface area contributed by atoms with Crippen LogP contribution < -0.4 is 5.32 Å². The molecule has 1 aliphatic rings. The fraction of sp³-hybridized carbons (Fsp3) is 0.200. The fourth-order valence-corrected chi connectivity index (χ4v) is 1.75. The molecule has 1 aromatic rings. The second-order valence-corrected chi connectivity index (χ2v) is 4.76. The molecular weight excluding hydrogens is 288 g/mol. The van der Waals surface area contributed by atoms with Crippen LogP contribution in [0.5, 0.6) is 0 Å². The SMILES string of the molecule is CN1C=CN(C(=S)Nc2ccc(Br)cn2)C1. The maximum absolute atomic E-state index is 5.27. The Labute approximate surface area is 108 Å². The zero-order valence-electron chi connectivity index (χ0n) is 8.72. The summed E-state index contributed by atoms with van der Waals surface area (Å²) in [6.07, 6.45) is 5.65. The van der Waals surface area contributed by atoms with Crippen molar-refractivity contribution in [2.24, 2.45) is 0 Å². The summed E-state index contributed by atoms with van der Waals surface area (Å²) in [5, 5.41) is 3.73. The van der Waals surface area contributed by atoms with Crippen LogP contribution >= 0.6 is 28.1 Å². The van der Waals surface area contributed by atoms with Crippen molar-refractivity contribution in [3.8, 4) is 0 Å². The van der Waals surface area contributed by atoms with Gasteiger partial charge in [-0.2, -0.15) is 0 Å². The summed E-state index contributed by atoms with van der Waals surface area (Å²) < 4.78 is 0.949. The topological polar surface area (TPSA) is 31.4 Å². The molecule has 0 saturated carbocycles. The van der Waals surface area contributed by atoms with Gasteiger partial charge in [-0.05, 0) is 40.3 Å². The molecular formula is C10H11BrN4S. The number of rotatable bonds is 1. The number of pyridine rings is 1. The Morgan fingerprint density at radius 3 is 2.88 bits per heavy atom. The smallest absolute Gasteiger partial charge is 0.180 e. The van der Waals surface area contributed by atoms with Crippen LogP contribution in [0.2, 0.25) is 0 Å². The summed E-state index contributed by atoms with van der Waals surface area (Å²) >= 11 is 8.60. The molecule has 0 spiro atoms. The predicted molar refractivity (Wildman–Crippen MR) is 71.8 cm³/mol. The molecule has 0 radical (unpaired) electrons. The minimum Gasteiger partial charge on any atom is -0.361 e. The number of nitrogens with one attached hydrogen (secondary N) is 1. The van der Waals surface area contributed by atoms with Crippen LogP contribution in [0.25, 0.3) is 0 Å². The van der Waals surface area contributed by atoms with E-state index in [0.717, 1.165) is 17.0 Å². The molecule has 0 aliphatic carbocycles. The van der Waals surface area contributed by atoms with Gasteiger partial charge in [0.15, 0.2) is 5.11 Å². The van der Waals surface area contributed by atoms with Crippen molar-refractivity contribution in [2.45, 2.75) is 0 Å². The molecule has 1 aromatic heterocycles. The first-order valence-electron chi connectivity index (χ1n) is 4.73. The molecule has 16 heavy (non-hydrogen) atoms. The summed E-state index contributed by atoms with van der Waals surface area (Å²) in [6, 6.07) is 3.80. The summed E-state index contributed by atoms with van der Waals surface area (Å²) in [4.78, 5) is 8.19. The molecule has 0 atom stereocenters. The number of hydrogen-bond acceptors (Lipinski definition) is 3. The van der Waals surface area contributed by atoms with E-state index in [-0.39, 0.29) is 0 Å². The molecule has 0 unspecified atom stereocenters. The average Bonchev–Trinajstić information content (AvgIpc) is 2.68. The van der Waals surface area contributed by atoms with E-state index >= 15 is 0 Å². The molecule has 0 amide bonds. The Bertz CT molecular complexity index is 417. The molecule has 2 heterocycles. The highest BCUT2D eigenvalue weighted by atomic mass is 79.9. The predicted octanol–water partition coefficient (Wildman–Crippen LogP) is 2.22. The van der Waals surface area contributed by atoms with Gasteiger partial charge in [0.25, 0.3) is 0 Å². The van der Waals surface area contributed by atoms with E-state index in [1.807, 2.05) is 41.4 Å². The lowest BCUT2D eigenvalue weighted by Gasteiger charge is -2.19. The third kappa shape index (κ3) is 2.70. The first-order chi connectivity index (χ1) is 7.65. The standard InChI is InChI=1S/C10H11BrN4S/c1-14-4-5-15(7-14)10(16)13-9-3-2-8(11)6-12-9/h2-6H,7H2,1H3,(H,12,13,16). The normalized spacial score (nSPS) is 14.4. The summed E-state index contributed by atoms with van der Waals surface area (Å²) in [5.74, 6) is 0.746. The Balaban J connectivity index is 1.97. The van der Waals surface area contributed by atoms with Gasteiger partial charge in [0.2, 0.25) is 0 Å². The van der Waals surface area contributed by atoms with Crippen LogP contribution in [0, 0.1) is 0 Å².